The average molecular weight is 472 g/mol. The summed E-state index contributed by atoms with van der Waals surface area (Å²) in [5.74, 6) is 1.92. The van der Waals surface area contributed by atoms with Gasteiger partial charge < -0.3 is 19.5 Å². The molecule has 0 spiro atoms. The Morgan fingerprint density at radius 3 is 2.24 bits per heavy atom. The zero-order valence-electron chi connectivity index (χ0n) is 19.0. The van der Waals surface area contributed by atoms with Gasteiger partial charge in [-0.1, -0.05) is 42.1 Å². The van der Waals surface area contributed by atoms with E-state index in [9.17, 15) is 4.79 Å². The van der Waals surface area contributed by atoms with E-state index in [-0.39, 0.29) is 12.5 Å². The van der Waals surface area contributed by atoms with Crippen LogP contribution in [0, 0.1) is 0 Å². The molecule has 0 saturated heterocycles. The molecule has 0 atom stereocenters. The number of carbonyl (C=O) groups is 1. The van der Waals surface area contributed by atoms with Gasteiger partial charge in [0.15, 0.2) is 0 Å². The van der Waals surface area contributed by atoms with Crippen molar-refractivity contribution in [2.45, 2.75) is 16.4 Å². The van der Waals surface area contributed by atoms with Crippen molar-refractivity contribution in [1.29, 1.82) is 0 Å². The summed E-state index contributed by atoms with van der Waals surface area (Å²) >= 11 is 1.61. The molecular weight excluding hydrogens is 446 g/mol. The average Bonchev–Trinajstić information content (AvgIpc) is 2.89. The van der Waals surface area contributed by atoms with E-state index in [0.29, 0.717) is 17.1 Å². The van der Waals surface area contributed by atoms with Crippen LogP contribution < -0.4 is 19.5 Å². The Bertz CT molecular complexity index is 1240. The second-order valence-corrected chi connectivity index (χ2v) is 8.47. The van der Waals surface area contributed by atoms with Crippen molar-refractivity contribution < 1.29 is 19.0 Å². The molecule has 0 aromatic heterocycles. The third kappa shape index (κ3) is 5.91. The highest BCUT2D eigenvalue weighted by atomic mass is 32.2. The minimum Gasteiger partial charge on any atom is -0.497 e. The summed E-state index contributed by atoms with van der Waals surface area (Å²) in [7, 11) is 3.22. The summed E-state index contributed by atoms with van der Waals surface area (Å²) < 4.78 is 16.6. The molecule has 0 heterocycles. The van der Waals surface area contributed by atoms with Crippen molar-refractivity contribution in [3.63, 3.8) is 0 Å². The molecular formula is C28H25NO4S. The van der Waals surface area contributed by atoms with Crippen molar-refractivity contribution in [2.24, 2.45) is 0 Å². The maximum atomic E-state index is 13.1. The van der Waals surface area contributed by atoms with Crippen LogP contribution in [0.2, 0.25) is 0 Å². The van der Waals surface area contributed by atoms with Gasteiger partial charge in [-0.2, -0.15) is 0 Å². The van der Waals surface area contributed by atoms with Crippen molar-refractivity contribution in [2.75, 3.05) is 19.5 Å². The fourth-order valence-corrected chi connectivity index (χ4v) is 4.26. The summed E-state index contributed by atoms with van der Waals surface area (Å²) in [5.41, 5.74) is 2.06. The predicted molar refractivity (Wildman–Crippen MR) is 135 cm³/mol. The second-order valence-electron chi connectivity index (χ2n) is 7.36. The van der Waals surface area contributed by atoms with Crippen LogP contribution in [0.3, 0.4) is 0 Å². The van der Waals surface area contributed by atoms with E-state index in [4.69, 9.17) is 14.2 Å². The van der Waals surface area contributed by atoms with Gasteiger partial charge in [-0.3, -0.25) is 4.79 Å². The SMILES string of the molecule is COc1ccc(OCc2cc(C(=O)Nc3ccccc3Sc3ccccc3)ccc2OC)cc1. The lowest BCUT2D eigenvalue weighted by atomic mass is 10.1. The lowest BCUT2D eigenvalue weighted by Crippen LogP contribution is -2.13. The van der Waals surface area contributed by atoms with Crippen molar-refractivity contribution >= 4 is 23.4 Å². The molecule has 1 amide bonds. The first-order valence-corrected chi connectivity index (χ1v) is 11.5. The molecule has 34 heavy (non-hydrogen) atoms. The smallest absolute Gasteiger partial charge is 0.255 e. The Labute approximate surface area is 203 Å². The van der Waals surface area contributed by atoms with E-state index in [1.54, 1.807) is 44.2 Å². The van der Waals surface area contributed by atoms with Gasteiger partial charge in [-0.15, -0.1) is 0 Å². The number of carbonyl (C=O) groups excluding carboxylic acids is 1. The van der Waals surface area contributed by atoms with Gasteiger partial charge in [0.05, 0.1) is 19.9 Å². The maximum Gasteiger partial charge on any atom is 0.255 e. The van der Waals surface area contributed by atoms with Gasteiger partial charge in [0, 0.05) is 20.9 Å². The minimum atomic E-state index is -0.200. The molecule has 0 unspecified atom stereocenters. The zero-order valence-corrected chi connectivity index (χ0v) is 19.8. The highest BCUT2D eigenvalue weighted by Crippen LogP contribution is 2.33. The van der Waals surface area contributed by atoms with Crippen molar-refractivity contribution in [3.05, 3.63) is 108 Å². The molecule has 0 aliphatic carbocycles. The Hall–Kier alpha value is -3.90. The van der Waals surface area contributed by atoms with Crippen LogP contribution in [0.4, 0.5) is 5.69 Å². The van der Waals surface area contributed by atoms with E-state index < -0.39 is 0 Å². The van der Waals surface area contributed by atoms with Crippen molar-refractivity contribution in [3.8, 4) is 17.2 Å². The number of benzene rings is 4. The van der Waals surface area contributed by atoms with Gasteiger partial charge in [-0.05, 0) is 66.7 Å². The lowest BCUT2D eigenvalue weighted by Gasteiger charge is -2.14. The number of hydrogen-bond donors (Lipinski definition) is 1. The Balaban J connectivity index is 1.49. The second kappa shape index (κ2) is 11.3. The third-order valence-corrected chi connectivity index (χ3v) is 6.19. The number of ether oxygens (including phenoxy) is 3. The minimum absolute atomic E-state index is 0.200. The van der Waals surface area contributed by atoms with Gasteiger partial charge in [-0.25, -0.2) is 0 Å². The van der Waals surface area contributed by atoms with Crippen LogP contribution >= 0.6 is 11.8 Å². The largest absolute Gasteiger partial charge is 0.497 e. The number of rotatable bonds is 9. The van der Waals surface area contributed by atoms with E-state index in [1.807, 2.05) is 78.9 Å². The van der Waals surface area contributed by atoms with Gasteiger partial charge in [0.25, 0.3) is 5.91 Å². The van der Waals surface area contributed by atoms with Crippen molar-refractivity contribution in [1.82, 2.24) is 0 Å². The third-order valence-electron chi connectivity index (χ3n) is 5.10. The summed E-state index contributed by atoms with van der Waals surface area (Å²) in [4.78, 5) is 15.2. The molecule has 0 radical (unpaired) electrons. The van der Waals surface area contributed by atoms with Crippen LogP contribution in [-0.2, 0) is 6.61 Å². The van der Waals surface area contributed by atoms with E-state index in [1.165, 1.54) is 0 Å². The summed E-state index contributed by atoms with van der Waals surface area (Å²) in [5, 5.41) is 3.04. The normalized spacial score (nSPS) is 10.4. The first kappa shape index (κ1) is 23.3. The first-order valence-electron chi connectivity index (χ1n) is 10.7. The monoisotopic (exact) mass is 471 g/mol. The standard InChI is InChI=1S/C28H25NO4S/c1-31-22-13-15-23(16-14-22)33-19-21-18-20(12-17-26(21)32-2)28(30)29-25-10-6-7-11-27(25)34-24-8-4-3-5-9-24/h3-18H,19H2,1-2H3,(H,29,30). The van der Waals surface area contributed by atoms with E-state index in [2.05, 4.69) is 5.32 Å². The molecule has 0 fully saturated rings. The van der Waals surface area contributed by atoms with Gasteiger partial charge in [0.1, 0.15) is 23.9 Å². The molecule has 6 heteroatoms. The van der Waals surface area contributed by atoms with Crippen LogP contribution in [0.5, 0.6) is 17.2 Å². The Morgan fingerprint density at radius 2 is 1.50 bits per heavy atom. The van der Waals surface area contributed by atoms with Crippen LogP contribution in [0.25, 0.3) is 0 Å². The topological polar surface area (TPSA) is 56.8 Å². The number of amides is 1. The van der Waals surface area contributed by atoms with Crippen LogP contribution in [0.15, 0.2) is 107 Å². The summed E-state index contributed by atoms with van der Waals surface area (Å²) in [6, 6.07) is 30.5. The number of methoxy groups -OCH3 is 2. The van der Waals surface area contributed by atoms with Gasteiger partial charge in [0.2, 0.25) is 0 Å². The number of nitrogens with one attached hydrogen (secondary N) is 1. The molecule has 0 bridgehead atoms. The van der Waals surface area contributed by atoms with Crippen LogP contribution in [-0.4, -0.2) is 20.1 Å². The van der Waals surface area contributed by atoms with Gasteiger partial charge >= 0.3 is 0 Å². The first-order chi connectivity index (χ1) is 16.7. The number of hydrogen-bond acceptors (Lipinski definition) is 5. The molecule has 4 aromatic carbocycles. The molecule has 4 aromatic rings. The molecule has 172 valence electrons. The van der Waals surface area contributed by atoms with Crippen LogP contribution in [0.1, 0.15) is 15.9 Å². The zero-order chi connectivity index (χ0) is 23.8. The predicted octanol–water partition coefficient (Wildman–Crippen LogP) is 6.69. The quantitative estimate of drug-likeness (QED) is 0.295. The molecule has 4 rings (SSSR count). The van der Waals surface area contributed by atoms with E-state index >= 15 is 0 Å². The maximum absolute atomic E-state index is 13.1. The number of anilines is 1. The Kier molecular flexibility index (Phi) is 7.73. The molecule has 0 aliphatic rings. The Morgan fingerprint density at radius 1 is 0.794 bits per heavy atom. The molecule has 0 aliphatic heterocycles. The highest BCUT2D eigenvalue weighted by Gasteiger charge is 2.13. The molecule has 0 saturated carbocycles. The summed E-state index contributed by atoms with van der Waals surface area (Å²) in [6.45, 7) is 0.261. The fraction of sp³-hybridized carbons (Fsp3) is 0.107. The highest BCUT2D eigenvalue weighted by molar-refractivity contribution is 7.99. The number of para-hydroxylation sites is 1. The summed E-state index contributed by atoms with van der Waals surface area (Å²) in [6.07, 6.45) is 0. The lowest BCUT2D eigenvalue weighted by molar-refractivity contribution is 0.102. The molecule has 1 N–H and O–H groups in total. The fourth-order valence-electron chi connectivity index (χ4n) is 3.33. The van der Waals surface area contributed by atoms with E-state index in [0.717, 1.165) is 26.8 Å². The molecule has 5 nitrogen and oxygen atoms in total.